The van der Waals surface area contributed by atoms with Crippen LogP contribution in [0.5, 0.6) is 0 Å². The Bertz CT molecular complexity index is 864. The average Bonchev–Trinajstić information content (AvgIpc) is 2.57. The maximum atomic E-state index is 12.3. The van der Waals surface area contributed by atoms with Crippen LogP contribution in [0.2, 0.25) is 0 Å². The standard InChI is InChI=1S/C17H18N4O3/c1-10(2)14(7-18)21-15(22)9-20-17(24)12-8-19-13-6-4-3-5-11(13)16(12)23/h3-6,8,10,14H,9H2,1-2H3,(H,19,23)(H,20,24)(H,21,22)/t14-/m0/s1. The molecule has 0 saturated heterocycles. The summed E-state index contributed by atoms with van der Waals surface area (Å²) in [5.41, 5.74) is 0.159. The van der Waals surface area contributed by atoms with Crippen molar-refractivity contribution in [3.63, 3.8) is 0 Å². The van der Waals surface area contributed by atoms with Gasteiger partial charge in [-0.25, -0.2) is 0 Å². The van der Waals surface area contributed by atoms with Crippen LogP contribution in [0.4, 0.5) is 0 Å². The molecule has 0 spiro atoms. The topological polar surface area (TPSA) is 115 Å². The fourth-order valence-electron chi connectivity index (χ4n) is 2.16. The molecule has 2 rings (SSSR count). The molecule has 2 amide bonds. The number of aromatic amines is 1. The first-order valence-corrected chi connectivity index (χ1v) is 7.51. The van der Waals surface area contributed by atoms with Crippen molar-refractivity contribution in [2.45, 2.75) is 19.9 Å². The molecular weight excluding hydrogens is 308 g/mol. The van der Waals surface area contributed by atoms with Crippen LogP contribution < -0.4 is 16.1 Å². The van der Waals surface area contributed by atoms with Crippen LogP contribution in [0, 0.1) is 17.2 Å². The molecule has 7 nitrogen and oxygen atoms in total. The number of nitrogens with zero attached hydrogens (tertiary/aromatic N) is 1. The van der Waals surface area contributed by atoms with Gasteiger partial charge in [-0.1, -0.05) is 26.0 Å². The largest absolute Gasteiger partial charge is 0.360 e. The number of H-pyrrole nitrogens is 1. The molecule has 0 aliphatic rings. The van der Waals surface area contributed by atoms with E-state index in [1.165, 1.54) is 6.20 Å². The Kier molecular flexibility index (Phi) is 5.32. The first kappa shape index (κ1) is 17.2. The Morgan fingerprint density at radius 3 is 2.67 bits per heavy atom. The minimum Gasteiger partial charge on any atom is -0.360 e. The fraction of sp³-hybridized carbons (Fsp3) is 0.294. The van der Waals surface area contributed by atoms with E-state index >= 15 is 0 Å². The van der Waals surface area contributed by atoms with Gasteiger partial charge in [-0.3, -0.25) is 14.4 Å². The van der Waals surface area contributed by atoms with E-state index in [4.69, 9.17) is 5.26 Å². The number of hydrogen-bond donors (Lipinski definition) is 3. The zero-order chi connectivity index (χ0) is 17.7. The number of amides is 2. The number of fused-ring (bicyclic) bond motifs is 1. The summed E-state index contributed by atoms with van der Waals surface area (Å²) in [6.07, 6.45) is 1.32. The Morgan fingerprint density at radius 1 is 1.29 bits per heavy atom. The van der Waals surface area contributed by atoms with Crippen molar-refractivity contribution in [1.82, 2.24) is 15.6 Å². The predicted octanol–water partition coefficient (Wildman–Crippen LogP) is 0.922. The van der Waals surface area contributed by atoms with E-state index in [0.29, 0.717) is 10.9 Å². The monoisotopic (exact) mass is 326 g/mol. The molecule has 0 unspecified atom stereocenters. The lowest BCUT2D eigenvalue weighted by atomic mass is 10.1. The maximum Gasteiger partial charge on any atom is 0.257 e. The molecule has 2 aromatic rings. The molecule has 1 aromatic heterocycles. The molecule has 24 heavy (non-hydrogen) atoms. The van der Waals surface area contributed by atoms with E-state index in [1.54, 1.807) is 38.1 Å². The highest BCUT2D eigenvalue weighted by atomic mass is 16.2. The van der Waals surface area contributed by atoms with Crippen molar-refractivity contribution in [3.8, 4) is 6.07 Å². The first-order chi connectivity index (χ1) is 11.4. The quantitative estimate of drug-likeness (QED) is 0.758. The number of hydrogen-bond acceptors (Lipinski definition) is 4. The number of nitriles is 1. The van der Waals surface area contributed by atoms with Crippen molar-refractivity contribution in [2.24, 2.45) is 5.92 Å². The molecule has 0 saturated carbocycles. The van der Waals surface area contributed by atoms with E-state index in [9.17, 15) is 14.4 Å². The highest BCUT2D eigenvalue weighted by Gasteiger charge is 2.17. The zero-order valence-electron chi connectivity index (χ0n) is 13.4. The first-order valence-electron chi connectivity index (χ1n) is 7.51. The minimum absolute atomic E-state index is 0.0435. The fourth-order valence-corrected chi connectivity index (χ4v) is 2.16. The number of carbonyl (C=O) groups excluding carboxylic acids is 2. The summed E-state index contributed by atoms with van der Waals surface area (Å²) >= 11 is 0. The molecule has 7 heteroatoms. The molecule has 3 N–H and O–H groups in total. The summed E-state index contributed by atoms with van der Waals surface area (Å²) in [7, 11) is 0. The summed E-state index contributed by atoms with van der Waals surface area (Å²) in [4.78, 5) is 39.1. The van der Waals surface area contributed by atoms with E-state index in [2.05, 4.69) is 15.6 Å². The number of aromatic nitrogens is 1. The number of nitrogens with one attached hydrogen (secondary N) is 3. The van der Waals surface area contributed by atoms with Crippen LogP contribution in [-0.2, 0) is 4.79 Å². The molecule has 0 aliphatic carbocycles. The van der Waals surface area contributed by atoms with E-state index in [0.717, 1.165) is 0 Å². The predicted molar refractivity (Wildman–Crippen MR) is 89.3 cm³/mol. The van der Waals surface area contributed by atoms with Crippen LogP contribution in [-0.4, -0.2) is 29.4 Å². The van der Waals surface area contributed by atoms with Crippen LogP contribution in [0.3, 0.4) is 0 Å². The Balaban J connectivity index is 2.06. The third-order valence-electron chi connectivity index (χ3n) is 3.56. The molecule has 124 valence electrons. The lowest BCUT2D eigenvalue weighted by molar-refractivity contribution is -0.120. The van der Waals surface area contributed by atoms with Gasteiger partial charge in [-0.05, 0) is 18.1 Å². The molecular formula is C17H18N4O3. The van der Waals surface area contributed by atoms with Gasteiger partial charge >= 0.3 is 0 Å². The van der Waals surface area contributed by atoms with Gasteiger partial charge in [0.05, 0.1) is 12.6 Å². The van der Waals surface area contributed by atoms with Crippen molar-refractivity contribution in [1.29, 1.82) is 5.26 Å². The molecule has 1 aromatic carbocycles. The zero-order valence-corrected chi connectivity index (χ0v) is 13.4. The van der Waals surface area contributed by atoms with Gasteiger partial charge in [-0.2, -0.15) is 5.26 Å². The smallest absolute Gasteiger partial charge is 0.257 e. The highest BCUT2D eigenvalue weighted by molar-refractivity contribution is 5.98. The summed E-state index contributed by atoms with van der Waals surface area (Å²) in [5.74, 6) is -1.17. The van der Waals surface area contributed by atoms with Crippen molar-refractivity contribution >= 4 is 22.7 Å². The van der Waals surface area contributed by atoms with Gasteiger partial charge < -0.3 is 15.6 Å². The second-order valence-corrected chi connectivity index (χ2v) is 5.68. The second-order valence-electron chi connectivity index (χ2n) is 5.68. The van der Waals surface area contributed by atoms with Gasteiger partial charge in [0, 0.05) is 17.1 Å². The highest BCUT2D eigenvalue weighted by Crippen LogP contribution is 2.06. The Labute approximate surface area is 138 Å². The van der Waals surface area contributed by atoms with E-state index in [1.807, 2.05) is 6.07 Å². The van der Waals surface area contributed by atoms with Gasteiger partial charge in [0.15, 0.2) is 0 Å². The third kappa shape index (κ3) is 3.79. The minimum atomic E-state index is -0.643. The van der Waals surface area contributed by atoms with E-state index < -0.39 is 23.3 Å². The second kappa shape index (κ2) is 7.42. The molecule has 0 bridgehead atoms. The molecule has 1 heterocycles. The van der Waals surface area contributed by atoms with Crippen molar-refractivity contribution in [3.05, 3.63) is 46.2 Å². The number of para-hydroxylation sites is 1. The summed E-state index contributed by atoms with van der Waals surface area (Å²) in [6, 6.07) is 8.20. The van der Waals surface area contributed by atoms with Crippen molar-refractivity contribution < 1.29 is 9.59 Å². The lowest BCUT2D eigenvalue weighted by Crippen LogP contribution is -2.44. The summed E-state index contributed by atoms with van der Waals surface area (Å²) < 4.78 is 0. The SMILES string of the molecule is CC(C)[C@H](C#N)NC(=O)CNC(=O)c1c[nH]c2ccccc2c1=O. The normalized spacial score (nSPS) is 11.8. The summed E-state index contributed by atoms with van der Waals surface area (Å²) in [5, 5.41) is 14.3. The Hall–Kier alpha value is -3.14. The Morgan fingerprint density at radius 2 is 2.00 bits per heavy atom. The van der Waals surface area contributed by atoms with Gasteiger partial charge in [-0.15, -0.1) is 0 Å². The average molecular weight is 326 g/mol. The van der Waals surface area contributed by atoms with Gasteiger partial charge in [0.1, 0.15) is 11.6 Å². The lowest BCUT2D eigenvalue weighted by Gasteiger charge is -2.15. The van der Waals surface area contributed by atoms with Crippen molar-refractivity contribution in [2.75, 3.05) is 6.54 Å². The van der Waals surface area contributed by atoms with Gasteiger partial charge in [0.2, 0.25) is 11.3 Å². The van der Waals surface area contributed by atoms with Crippen LogP contribution in [0.1, 0.15) is 24.2 Å². The molecule has 0 aliphatic heterocycles. The van der Waals surface area contributed by atoms with E-state index in [-0.39, 0.29) is 18.0 Å². The number of benzene rings is 1. The molecule has 1 atom stereocenters. The third-order valence-corrected chi connectivity index (χ3v) is 3.56. The number of carbonyl (C=O) groups is 2. The molecule has 0 fully saturated rings. The van der Waals surface area contributed by atoms with Crippen LogP contribution in [0.25, 0.3) is 10.9 Å². The van der Waals surface area contributed by atoms with Crippen LogP contribution in [0.15, 0.2) is 35.3 Å². The molecule has 0 radical (unpaired) electrons. The number of pyridine rings is 1. The number of rotatable bonds is 5. The van der Waals surface area contributed by atoms with Gasteiger partial charge in [0.25, 0.3) is 5.91 Å². The van der Waals surface area contributed by atoms with Crippen LogP contribution >= 0.6 is 0 Å². The maximum absolute atomic E-state index is 12.3. The summed E-state index contributed by atoms with van der Waals surface area (Å²) in [6.45, 7) is 3.30.